The highest BCUT2D eigenvalue weighted by atomic mass is 16.5. The summed E-state index contributed by atoms with van der Waals surface area (Å²) in [6.45, 7) is 3.92. The maximum absolute atomic E-state index is 13.0. The summed E-state index contributed by atoms with van der Waals surface area (Å²) in [5, 5.41) is 4.32. The fourth-order valence-electron chi connectivity index (χ4n) is 4.61. The molecule has 6 nitrogen and oxygen atoms in total. The van der Waals surface area contributed by atoms with Crippen LogP contribution >= 0.6 is 0 Å². The third-order valence-electron chi connectivity index (χ3n) is 5.85. The molecule has 2 saturated heterocycles. The zero-order chi connectivity index (χ0) is 16.4. The van der Waals surface area contributed by atoms with Gasteiger partial charge >= 0.3 is 0 Å². The Bertz CT molecular complexity index is 545. The molecule has 3 aliphatic rings. The number of amides is 1. The molecule has 0 bridgehead atoms. The van der Waals surface area contributed by atoms with E-state index in [1.165, 1.54) is 19.3 Å². The summed E-state index contributed by atoms with van der Waals surface area (Å²) in [6.07, 6.45) is 11.1. The maximum atomic E-state index is 13.0. The Morgan fingerprint density at radius 3 is 2.96 bits per heavy atom. The van der Waals surface area contributed by atoms with Gasteiger partial charge < -0.3 is 9.64 Å². The van der Waals surface area contributed by atoms with Crippen LogP contribution in [0.25, 0.3) is 0 Å². The summed E-state index contributed by atoms with van der Waals surface area (Å²) in [5.74, 6) is 0.294. The second kappa shape index (κ2) is 7.23. The molecule has 3 atom stereocenters. The van der Waals surface area contributed by atoms with Crippen molar-refractivity contribution in [3.8, 4) is 0 Å². The van der Waals surface area contributed by atoms with E-state index in [1.807, 2.05) is 23.1 Å². The van der Waals surface area contributed by atoms with Gasteiger partial charge in [-0.1, -0.05) is 12.8 Å². The van der Waals surface area contributed by atoms with Crippen molar-refractivity contribution in [2.75, 3.05) is 26.2 Å². The molecule has 0 spiro atoms. The molecule has 0 aromatic carbocycles. The number of aromatic nitrogens is 2. The Kier molecular flexibility index (Phi) is 4.85. The zero-order valence-corrected chi connectivity index (χ0v) is 14.3. The highest BCUT2D eigenvalue weighted by molar-refractivity contribution is 5.79. The Morgan fingerprint density at radius 2 is 2.08 bits per heavy atom. The van der Waals surface area contributed by atoms with Crippen LogP contribution in [0.5, 0.6) is 0 Å². The molecular formula is C18H28N4O2. The van der Waals surface area contributed by atoms with Gasteiger partial charge in [-0.2, -0.15) is 5.10 Å². The Balaban J connectivity index is 1.37. The van der Waals surface area contributed by atoms with E-state index in [1.54, 1.807) is 0 Å². The van der Waals surface area contributed by atoms with Crippen molar-refractivity contribution in [2.24, 2.45) is 0 Å². The van der Waals surface area contributed by atoms with Gasteiger partial charge in [0.25, 0.3) is 0 Å². The normalized spacial score (nSPS) is 31.2. The van der Waals surface area contributed by atoms with Crippen LogP contribution in [0.15, 0.2) is 18.5 Å². The lowest BCUT2D eigenvalue weighted by Gasteiger charge is -2.44. The van der Waals surface area contributed by atoms with Crippen LogP contribution in [0.1, 0.15) is 38.5 Å². The molecule has 1 saturated carbocycles. The molecule has 0 radical (unpaired) electrons. The topological polar surface area (TPSA) is 50.6 Å². The first-order chi connectivity index (χ1) is 11.8. The molecule has 132 valence electrons. The highest BCUT2D eigenvalue weighted by Crippen LogP contribution is 2.29. The largest absolute Gasteiger partial charge is 0.374 e. The lowest BCUT2D eigenvalue weighted by Crippen LogP contribution is -2.57. The van der Waals surface area contributed by atoms with Crippen molar-refractivity contribution in [3.05, 3.63) is 18.5 Å². The fraction of sp³-hybridized carbons (Fsp3) is 0.778. The van der Waals surface area contributed by atoms with E-state index < -0.39 is 0 Å². The third-order valence-corrected chi connectivity index (χ3v) is 5.85. The molecule has 24 heavy (non-hydrogen) atoms. The Morgan fingerprint density at radius 1 is 1.17 bits per heavy atom. The summed E-state index contributed by atoms with van der Waals surface area (Å²) in [5.41, 5.74) is 0. The van der Waals surface area contributed by atoms with E-state index in [4.69, 9.17) is 4.74 Å². The number of nitrogens with zero attached hydrogens (tertiary/aromatic N) is 4. The van der Waals surface area contributed by atoms with Crippen molar-refractivity contribution in [2.45, 2.75) is 63.3 Å². The quantitative estimate of drug-likeness (QED) is 0.839. The van der Waals surface area contributed by atoms with E-state index in [0.29, 0.717) is 31.1 Å². The van der Waals surface area contributed by atoms with Crippen LogP contribution in [0.2, 0.25) is 0 Å². The monoisotopic (exact) mass is 332 g/mol. The summed E-state index contributed by atoms with van der Waals surface area (Å²) in [7, 11) is 0. The molecule has 0 N–H and O–H groups in total. The van der Waals surface area contributed by atoms with Crippen LogP contribution in [0.3, 0.4) is 0 Å². The second-order valence-electron chi connectivity index (χ2n) is 7.34. The molecule has 2 aliphatic heterocycles. The number of hydrogen-bond acceptors (Lipinski definition) is 4. The number of ether oxygens (including phenoxy) is 1. The molecule has 4 rings (SSSR count). The molecule has 1 aromatic rings. The van der Waals surface area contributed by atoms with Crippen LogP contribution in [-0.4, -0.2) is 69.9 Å². The first-order valence-electron chi connectivity index (χ1n) is 9.44. The number of likely N-dealkylation sites (tertiary alicyclic amines) is 1. The average Bonchev–Trinajstić information content (AvgIpc) is 3.27. The van der Waals surface area contributed by atoms with E-state index >= 15 is 0 Å². The van der Waals surface area contributed by atoms with E-state index in [-0.39, 0.29) is 6.10 Å². The van der Waals surface area contributed by atoms with E-state index in [2.05, 4.69) is 14.9 Å². The molecule has 0 unspecified atom stereocenters. The average molecular weight is 332 g/mol. The molecule has 3 fully saturated rings. The van der Waals surface area contributed by atoms with Crippen LogP contribution < -0.4 is 0 Å². The van der Waals surface area contributed by atoms with Gasteiger partial charge in [0.2, 0.25) is 5.91 Å². The van der Waals surface area contributed by atoms with Gasteiger partial charge in [0.05, 0.1) is 31.8 Å². The molecule has 3 heterocycles. The standard InChI is InChI=1S/C18H28N4O2/c23-18(22-11-12-24-17-7-2-1-6-16(17)22)14-20-9-3-5-15(20)13-21-10-4-8-19-21/h4,8,10,15-17H,1-3,5-7,9,11-14H2/t15-,16-,17+/m1/s1. The maximum Gasteiger partial charge on any atom is 0.237 e. The Labute approximate surface area is 143 Å². The molecule has 1 aliphatic carbocycles. The van der Waals surface area contributed by atoms with Crippen LogP contribution in [-0.2, 0) is 16.1 Å². The second-order valence-corrected chi connectivity index (χ2v) is 7.34. The SMILES string of the molecule is O=C(CN1CCC[C@@H]1Cn1cccn1)N1CCO[C@H]2CCCC[C@H]21. The minimum Gasteiger partial charge on any atom is -0.374 e. The minimum absolute atomic E-state index is 0.273. The number of morpholine rings is 1. The van der Waals surface area contributed by atoms with Crippen molar-refractivity contribution in [1.82, 2.24) is 19.6 Å². The van der Waals surface area contributed by atoms with Crippen LogP contribution in [0, 0.1) is 0 Å². The Hall–Kier alpha value is -1.40. The first kappa shape index (κ1) is 16.1. The van der Waals surface area contributed by atoms with Gasteiger partial charge in [-0.05, 0) is 38.3 Å². The van der Waals surface area contributed by atoms with Gasteiger partial charge in [-0.3, -0.25) is 14.4 Å². The highest BCUT2D eigenvalue weighted by Gasteiger charge is 2.38. The molecular weight excluding hydrogens is 304 g/mol. The van der Waals surface area contributed by atoms with E-state index in [9.17, 15) is 4.79 Å². The van der Waals surface area contributed by atoms with Crippen LogP contribution in [0.4, 0.5) is 0 Å². The summed E-state index contributed by atoms with van der Waals surface area (Å²) >= 11 is 0. The number of carbonyl (C=O) groups is 1. The first-order valence-corrected chi connectivity index (χ1v) is 9.44. The van der Waals surface area contributed by atoms with Crippen molar-refractivity contribution in [1.29, 1.82) is 0 Å². The lowest BCUT2D eigenvalue weighted by atomic mass is 9.90. The number of hydrogen-bond donors (Lipinski definition) is 0. The minimum atomic E-state index is 0.273. The van der Waals surface area contributed by atoms with E-state index in [0.717, 1.165) is 38.9 Å². The third kappa shape index (κ3) is 3.35. The van der Waals surface area contributed by atoms with Crippen molar-refractivity contribution >= 4 is 5.91 Å². The van der Waals surface area contributed by atoms with Gasteiger partial charge in [0, 0.05) is 25.0 Å². The number of carbonyl (C=O) groups excluding carboxylic acids is 1. The summed E-state index contributed by atoms with van der Waals surface area (Å²) < 4.78 is 7.89. The molecule has 1 aromatic heterocycles. The fourth-order valence-corrected chi connectivity index (χ4v) is 4.61. The van der Waals surface area contributed by atoms with Crippen molar-refractivity contribution in [3.63, 3.8) is 0 Å². The smallest absolute Gasteiger partial charge is 0.237 e. The summed E-state index contributed by atoms with van der Waals surface area (Å²) in [6, 6.07) is 2.70. The zero-order valence-electron chi connectivity index (χ0n) is 14.3. The van der Waals surface area contributed by atoms with Gasteiger partial charge in [-0.15, -0.1) is 0 Å². The predicted octanol–water partition coefficient (Wildman–Crippen LogP) is 1.52. The number of fused-ring (bicyclic) bond motifs is 1. The summed E-state index contributed by atoms with van der Waals surface area (Å²) in [4.78, 5) is 17.4. The van der Waals surface area contributed by atoms with Crippen molar-refractivity contribution < 1.29 is 9.53 Å². The van der Waals surface area contributed by atoms with Gasteiger partial charge in [0.15, 0.2) is 0 Å². The number of rotatable bonds is 4. The van der Waals surface area contributed by atoms with Gasteiger partial charge in [0.1, 0.15) is 0 Å². The molecule has 6 heteroatoms. The lowest BCUT2D eigenvalue weighted by molar-refractivity contribution is -0.150. The molecule has 1 amide bonds. The van der Waals surface area contributed by atoms with Gasteiger partial charge in [-0.25, -0.2) is 0 Å². The predicted molar refractivity (Wildman–Crippen MR) is 90.5 cm³/mol.